The van der Waals surface area contributed by atoms with Gasteiger partial charge < -0.3 is 10.4 Å². The molecule has 2 N–H and O–H groups in total. The van der Waals surface area contributed by atoms with Crippen molar-refractivity contribution in [3.05, 3.63) is 71.8 Å². The van der Waals surface area contributed by atoms with Crippen LogP contribution >= 0.6 is 0 Å². The van der Waals surface area contributed by atoms with E-state index in [9.17, 15) is 5.11 Å². The molecule has 3 rings (SSSR count). The fourth-order valence-electron chi connectivity index (χ4n) is 3.34. The number of rotatable bonds is 3. The molecule has 2 heteroatoms. The summed E-state index contributed by atoms with van der Waals surface area (Å²) in [5.41, 5.74) is 0.971. The van der Waals surface area contributed by atoms with Crippen LogP contribution in [0.25, 0.3) is 0 Å². The van der Waals surface area contributed by atoms with Gasteiger partial charge in [0.2, 0.25) is 0 Å². The van der Waals surface area contributed by atoms with Crippen molar-refractivity contribution in [2.45, 2.75) is 37.3 Å². The first-order chi connectivity index (χ1) is 10.3. The van der Waals surface area contributed by atoms with Crippen LogP contribution in [0.2, 0.25) is 0 Å². The third kappa shape index (κ3) is 2.87. The molecule has 2 aromatic rings. The van der Waals surface area contributed by atoms with Gasteiger partial charge in [-0.15, -0.1) is 0 Å². The number of hydrogen-bond donors (Lipinski definition) is 2. The van der Waals surface area contributed by atoms with Crippen LogP contribution in [-0.4, -0.2) is 17.7 Å². The Morgan fingerprint density at radius 1 is 0.810 bits per heavy atom. The van der Waals surface area contributed by atoms with Gasteiger partial charge in [-0.2, -0.15) is 0 Å². The van der Waals surface area contributed by atoms with Crippen LogP contribution in [0.1, 0.15) is 36.8 Å². The maximum atomic E-state index is 11.6. The van der Waals surface area contributed by atoms with Gasteiger partial charge in [-0.05, 0) is 30.5 Å². The van der Waals surface area contributed by atoms with Gasteiger partial charge in [0.1, 0.15) is 5.60 Å². The highest BCUT2D eigenvalue weighted by Gasteiger charge is 2.39. The lowest BCUT2D eigenvalue weighted by Crippen LogP contribution is -2.49. The lowest BCUT2D eigenvalue weighted by molar-refractivity contribution is 0.0355. The number of hydrogen-bond acceptors (Lipinski definition) is 2. The van der Waals surface area contributed by atoms with Crippen LogP contribution in [0.15, 0.2) is 60.7 Å². The topological polar surface area (TPSA) is 32.3 Å². The molecule has 1 fully saturated rings. The zero-order chi connectivity index (χ0) is 14.5. The zero-order valence-corrected chi connectivity index (χ0v) is 12.3. The van der Waals surface area contributed by atoms with E-state index in [-0.39, 0.29) is 6.04 Å². The Morgan fingerprint density at radius 3 is 1.95 bits per heavy atom. The molecule has 0 aliphatic carbocycles. The second kappa shape index (κ2) is 6.42. The maximum absolute atomic E-state index is 11.6. The molecule has 1 aliphatic heterocycles. The van der Waals surface area contributed by atoms with Crippen molar-refractivity contribution < 1.29 is 5.11 Å². The second-order valence-corrected chi connectivity index (χ2v) is 5.85. The molecular formula is C19H23NO. The first-order valence-electron chi connectivity index (χ1n) is 7.88. The number of aliphatic hydroxyl groups is 1. The largest absolute Gasteiger partial charge is 0.379 e. The summed E-state index contributed by atoms with van der Waals surface area (Å²) < 4.78 is 0. The summed E-state index contributed by atoms with van der Waals surface area (Å²) in [6.45, 7) is 0.979. The quantitative estimate of drug-likeness (QED) is 0.903. The van der Waals surface area contributed by atoms with Crippen molar-refractivity contribution in [1.29, 1.82) is 0 Å². The molecule has 1 aliphatic rings. The van der Waals surface area contributed by atoms with E-state index in [1.54, 1.807) is 0 Å². The molecule has 110 valence electrons. The first-order valence-corrected chi connectivity index (χ1v) is 7.88. The third-order valence-electron chi connectivity index (χ3n) is 4.49. The van der Waals surface area contributed by atoms with Gasteiger partial charge >= 0.3 is 0 Å². The minimum Gasteiger partial charge on any atom is -0.379 e. The van der Waals surface area contributed by atoms with Gasteiger partial charge in [-0.1, -0.05) is 73.5 Å². The molecule has 1 saturated heterocycles. The first kappa shape index (κ1) is 14.3. The maximum Gasteiger partial charge on any atom is 0.130 e. The van der Waals surface area contributed by atoms with Gasteiger partial charge in [-0.3, -0.25) is 0 Å². The number of benzene rings is 2. The van der Waals surface area contributed by atoms with Crippen molar-refractivity contribution in [3.63, 3.8) is 0 Å². The molecular weight excluding hydrogens is 258 g/mol. The summed E-state index contributed by atoms with van der Waals surface area (Å²) in [6, 6.07) is 20.2. The SMILES string of the molecule is OC(c1ccccc1)(c1ccccc1)[C@H]1CCCCCN1. The van der Waals surface area contributed by atoms with E-state index >= 15 is 0 Å². The van der Waals surface area contributed by atoms with Gasteiger partial charge in [0.05, 0.1) is 0 Å². The average molecular weight is 281 g/mol. The molecule has 0 aromatic heterocycles. The summed E-state index contributed by atoms with van der Waals surface area (Å²) in [5.74, 6) is 0. The normalized spacial score (nSPS) is 20.0. The highest BCUT2D eigenvalue weighted by Crippen LogP contribution is 2.35. The van der Waals surface area contributed by atoms with Crippen molar-refractivity contribution >= 4 is 0 Å². The summed E-state index contributed by atoms with van der Waals surface area (Å²) in [4.78, 5) is 0. The Labute approximate surface area is 126 Å². The van der Waals surface area contributed by atoms with E-state index in [0.29, 0.717) is 0 Å². The van der Waals surface area contributed by atoms with Gasteiger partial charge in [0, 0.05) is 6.04 Å². The standard InChI is InChI=1S/C19H23NO/c21-19(16-10-4-1-5-11-16,17-12-6-2-7-13-17)18-14-8-3-9-15-20-18/h1-2,4-7,10-13,18,20-21H,3,8-9,14-15H2/t18-/m1/s1. The third-order valence-corrected chi connectivity index (χ3v) is 4.49. The van der Waals surface area contributed by atoms with Crippen LogP contribution in [0.3, 0.4) is 0 Å². The van der Waals surface area contributed by atoms with Crippen molar-refractivity contribution in [2.24, 2.45) is 0 Å². The molecule has 0 unspecified atom stereocenters. The summed E-state index contributed by atoms with van der Waals surface area (Å²) >= 11 is 0. The van der Waals surface area contributed by atoms with E-state index in [4.69, 9.17) is 0 Å². The molecule has 0 saturated carbocycles. The molecule has 1 heterocycles. The Bertz CT molecular complexity index is 505. The minimum absolute atomic E-state index is 0.0600. The summed E-state index contributed by atoms with van der Waals surface area (Å²) in [5, 5.41) is 15.2. The molecule has 21 heavy (non-hydrogen) atoms. The smallest absolute Gasteiger partial charge is 0.130 e. The van der Waals surface area contributed by atoms with Crippen molar-refractivity contribution in [2.75, 3.05) is 6.54 Å². The van der Waals surface area contributed by atoms with Crippen molar-refractivity contribution in [3.8, 4) is 0 Å². The minimum atomic E-state index is -0.965. The summed E-state index contributed by atoms with van der Waals surface area (Å²) in [7, 11) is 0. The Balaban J connectivity index is 2.06. The van der Waals surface area contributed by atoms with Crippen molar-refractivity contribution in [1.82, 2.24) is 5.32 Å². The van der Waals surface area contributed by atoms with E-state index in [1.165, 1.54) is 19.3 Å². The van der Waals surface area contributed by atoms with Crippen LogP contribution < -0.4 is 5.32 Å². The molecule has 2 nitrogen and oxygen atoms in total. The van der Waals surface area contributed by atoms with Crippen LogP contribution in [0.4, 0.5) is 0 Å². The molecule has 0 spiro atoms. The monoisotopic (exact) mass is 281 g/mol. The van der Waals surface area contributed by atoms with Crippen LogP contribution in [0, 0.1) is 0 Å². The van der Waals surface area contributed by atoms with Gasteiger partial charge in [-0.25, -0.2) is 0 Å². The highest BCUT2D eigenvalue weighted by atomic mass is 16.3. The van der Waals surface area contributed by atoms with Gasteiger partial charge in [0.15, 0.2) is 0 Å². The lowest BCUT2D eigenvalue weighted by atomic mass is 9.78. The Morgan fingerprint density at radius 2 is 1.38 bits per heavy atom. The van der Waals surface area contributed by atoms with Gasteiger partial charge in [0.25, 0.3) is 0 Å². The van der Waals surface area contributed by atoms with E-state index < -0.39 is 5.60 Å². The fourth-order valence-corrected chi connectivity index (χ4v) is 3.34. The summed E-state index contributed by atoms with van der Waals surface area (Å²) in [6.07, 6.45) is 4.60. The molecule has 1 atom stereocenters. The fraction of sp³-hybridized carbons (Fsp3) is 0.368. The second-order valence-electron chi connectivity index (χ2n) is 5.85. The molecule has 0 bridgehead atoms. The van der Waals surface area contributed by atoms with Crippen LogP contribution in [0.5, 0.6) is 0 Å². The van der Waals surface area contributed by atoms with E-state index in [2.05, 4.69) is 5.32 Å². The molecule has 0 amide bonds. The highest BCUT2D eigenvalue weighted by molar-refractivity contribution is 5.38. The Hall–Kier alpha value is -1.64. The van der Waals surface area contributed by atoms with E-state index in [0.717, 1.165) is 24.1 Å². The predicted molar refractivity (Wildman–Crippen MR) is 86.1 cm³/mol. The average Bonchev–Trinajstić information content (AvgIpc) is 2.85. The van der Waals surface area contributed by atoms with E-state index in [1.807, 2.05) is 60.7 Å². The Kier molecular flexibility index (Phi) is 4.37. The lowest BCUT2D eigenvalue weighted by Gasteiger charge is -2.37. The van der Waals surface area contributed by atoms with Crippen LogP contribution in [-0.2, 0) is 5.60 Å². The number of nitrogens with one attached hydrogen (secondary N) is 1. The predicted octanol–water partition coefficient (Wildman–Crippen LogP) is 3.45. The molecule has 2 aromatic carbocycles. The zero-order valence-electron chi connectivity index (χ0n) is 12.3. The molecule has 0 radical (unpaired) electrons.